The molecule has 4 aromatic rings. The Kier molecular flexibility index (Phi) is 6.79. The van der Waals surface area contributed by atoms with E-state index < -0.39 is 0 Å². The van der Waals surface area contributed by atoms with Crippen molar-refractivity contribution in [3.8, 4) is 11.5 Å². The zero-order valence-corrected chi connectivity index (χ0v) is 16.7. The molecule has 0 aliphatic carbocycles. The van der Waals surface area contributed by atoms with E-state index in [0.29, 0.717) is 17.1 Å². The third kappa shape index (κ3) is 5.94. The average molecular weight is 399 g/mol. The minimum atomic E-state index is 0.473. The summed E-state index contributed by atoms with van der Waals surface area (Å²) in [5.74, 6) is 1.33. The van der Waals surface area contributed by atoms with Gasteiger partial charge in [0.15, 0.2) is 5.75 Å². The van der Waals surface area contributed by atoms with Crippen LogP contribution in [0.1, 0.15) is 11.1 Å². The first kappa shape index (κ1) is 20.6. The second-order valence-electron chi connectivity index (χ2n) is 6.83. The van der Waals surface area contributed by atoms with Crippen LogP contribution >= 0.6 is 0 Å². The minimum absolute atomic E-state index is 0.473. The molecular weight excluding hydrogens is 372 g/mol. The minimum Gasteiger partial charge on any atom is -0.455 e. The van der Waals surface area contributed by atoms with Gasteiger partial charge in [-0.2, -0.15) is 0 Å². The molecule has 0 saturated heterocycles. The molecule has 152 valence electrons. The normalized spacial score (nSPS) is 10.0. The van der Waals surface area contributed by atoms with Gasteiger partial charge in [0.1, 0.15) is 5.75 Å². The number of hydrogen-bond donors (Lipinski definition) is 4. The predicted octanol–water partition coefficient (Wildman–Crippen LogP) is 5.09. The molecule has 4 rings (SSSR count). The van der Waals surface area contributed by atoms with Crippen molar-refractivity contribution in [3.05, 3.63) is 108 Å². The van der Waals surface area contributed by atoms with Crippen molar-refractivity contribution in [1.82, 2.24) is 0 Å². The van der Waals surface area contributed by atoms with Crippen LogP contribution in [0.15, 0.2) is 97.1 Å². The van der Waals surface area contributed by atoms with Gasteiger partial charge in [-0.1, -0.05) is 48.5 Å². The lowest BCUT2D eigenvalue weighted by Gasteiger charge is -2.09. The van der Waals surface area contributed by atoms with E-state index in [-0.39, 0.29) is 0 Å². The number of nitrogen functional groups attached to an aromatic ring is 4. The number of rotatable bonds is 4. The Bertz CT molecular complexity index is 1020. The Hall–Kier alpha value is -4.12. The number of para-hydroxylation sites is 2. The zero-order chi connectivity index (χ0) is 21.3. The van der Waals surface area contributed by atoms with Crippen LogP contribution in [-0.2, 0) is 6.42 Å². The van der Waals surface area contributed by atoms with Gasteiger partial charge in [-0.05, 0) is 66.1 Å². The summed E-state index contributed by atoms with van der Waals surface area (Å²) >= 11 is 0. The predicted molar refractivity (Wildman–Crippen MR) is 126 cm³/mol. The Labute approximate surface area is 176 Å². The highest BCUT2D eigenvalue weighted by molar-refractivity contribution is 5.71. The topological polar surface area (TPSA) is 113 Å². The maximum atomic E-state index is 5.78. The van der Waals surface area contributed by atoms with Crippen molar-refractivity contribution in [3.63, 3.8) is 0 Å². The lowest BCUT2D eigenvalue weighted by Crippen LogP contribution is -1.97. The molecule has 0 spiro atoms. The van der Waals surface area contributed by atoms with Crippen LogP contribution in [0.3, 0.4) is 0 Å². The second-order valence-corrected chi connectivity index (χ2v) is 6.83. The SMILES string of the molecule is Nc1ccc(Cc2ccc(N)cc2)cc1.Nc1cccc(Oc2ccccc2)c1N. The third-order valence-corrected chi connectivity index (χ3v) is 4.44. The number of ether oxygens (including phenoxy) is 1. The Morgan fingerprint density at radius 2 is 1.07 bits per heavy atom. The van der Waals surface area contributed by atoms with Crippen LogP contribution in [0.5, 0.6) is 11.5 Å². The van der Waals surface area contributed by atoms with Crippen LogP contribution in [-0.4, -0.2) is 0 Å². The van der Waals surface area contributed by atoms with Gasteiger partial charge in [-0.25, -0.2) is 0 Å². The third-order valence-electron chi connectivity index (χ3n) is 4.44. The molecule has 0 unspecified atom stereocenters. The number of nitrogens with two attached hydrogens (primary N) is 4. The molecule has 0 amide bonds. The summed E-state index contributed by atoms with van der Waals surface area (Å²) < 4.78 is 5.58. The largest absolute Gasteiger partial charge is 0.455 e. The molecular formula is C25H26N4O. The first-order valence-corrected chi connectivity index (χ1v) is 9.57. The van der Waals surface area contributed by atoms with E-state index in [1.54, 1.807) is 12.1 Å². The highest BCUT2D eigenvalue weighted by atomic mass is 16.5. The van der Waals surface area contributed by atoms with Crippen LogP contribution in [0.2, 0.25) is 0 Å². The first-order chi connectivity index (χ1) is 14.5. The van der Waals surface area contributed by atoms with Crippen LogP contribution < -0.4 is 27.7 Å². The van der Waals surface area contributed by atoms with Crippen molar-refractivity contribution in [2.75, 3.05) is 22.9 Å². The summed E-state index contributed by atoms with van der Waals surface area (Å²) in [6.07, 6.45) is 0.917. The molecule has 0 aliphatic rings. The molecule has 0 radical (unpaired) electrons. The molecule has 8 N–H and O–H groups in total. The number of benzene rings is 4. The molecule has 0 heterocycles. The number of anilines is 4. The Morgan fingerprint density at radius 1 is 0.533 bits per heavy atom. The molecule has 0 bridgehead atoms. The Morgan fingerprint density at radius 3 is 1.60 bits per heavy atom. The van der Waals surface area contributed by atoms with Crippen molar-refractivity contribution >= 4 is 22.7 Å². The standard InChI is InChI=1S/C13H14N2.C12H12N2O/c14-12-5-1-10(2-6-12)9-11-3-7-13(15)8-4-11;13-10-7-4-8-11(12(10)14)15-9-5-2-1-3-6-9/h1-8H,9,14-15H2;1-8H,13-14H2. The van der Waals surface area contributed by atoms with Crippen LogP contribution in [0.4, 0.5) is 22.7 Å². The summed E-state index contributed by atoms with van der Waals surface area (Å²) in [5, 5.41) is 0. The van der Waals surface area contributed by atoms with Crippen molar-refractivity contribution in [2.45, 2.75) is 6.42 Å². The van der Waals surface area contributed by atoms with Crippen molar-refractivity contribution < 1.29 is 4.74 Å². The smallest absolute Gasteiger partial charge is 0.152 e. The van der Waals surface area contributed by atoms with Gasteiger partial charge >= 0.3 is 0 Å². The summed E-state index contributed by atoms with van der Waals surface area (Å²) in [5.41, 5.74) is 27.8. The summed E-state index contributed by atoms with van der Waals surface area (Å²) in [4.78, 5) is 0. The second kappa shape index (κ2) is 9.89. The average Bonchev–Trinajstić information content (AvgIpc) is 2.76. The number of hydrogen-bond acceptors (Lipinski definition) is 5. The fourth-order valence-corrected chi connectivity index (χ4v) is 2.77. The molecule has 30 heavy (non-hydrogen) atoms. The molecule has 0 aliphatic heterocycles. The van der Waals surface area contributed by atoms with Gasteiger partial charge in [0.25, 0.3) is 0 Å². The van der Waals surface area contributed by atoms with E-state index >= 15 is 0 Å². The van der Waals surface area contributed by atoms with Crippen molar-refractivity contribution in [2.24, 2.45) is 0 Å². The zero-order valence-electron chi connectivity index (χ0n) is 16.7. The molecule has 0 atom stereocenters. The van der Waals surface area contributed by atoms with Gasteiger partial charge in [0.05, 0.1) is 11.4 Å². The van der Waals surface area contributed by atoms with E-state index in [1.807, 2.05) is 84.9 Å². The summed E-state index contributed by atoms with van der Waals surface area (Å²) in [6.45, 7) is 0. The highest BCUT2D eigenvalue weighted by Crippen LogP contribution is 2.30. The highest BCUT2D eigenvalue weighted by Gasteiger charge is 2.03. The molecule has 0 aromatic heterocycles. The van der Waals surface area contributed by atoms with Gasteiger partial charge in [-0.3, -0.25) is 0 Å². The van der Waals surface area contributed by atoms with Crippen LogP contribution in [0.25, 0.3) is 0 Å². The fourth-order valence-electron chi connectivity index (χ4n) is 2.77. The Balaban J connectivity index is 0.000000171. The van der Waals surface area contributed by atoms with E-state index in [0.717, 1.165) is 23.5 Å². The van der Waals surface area contributed by atoms with Crippen LogP contribution in [0, 0.1) is 0 Å². The van der Waals surface area contributed by atoms with Gasteiger partial charge in [0.2, 0.25) is 0 Å². The van der Waals surface area contributed by atoms with E-state index in [4.69, 9.17) is 27.7 Å². The van der Waals surface area contributed by atoms with E-state index in [1.165, 1.54) is 11.1 Å². The molecule has 4 aromatic carbocycles. The van der Waals surface area contributed by atoms with Gasteiger partial charge < -0.3 is 27.7 Å². The maximum Gasteiger partial charge on any atom is 0.152 e. The first-order valence-electron chi connectivity index (χ1n) is 9.57. The van der Waals surface area contributed by atoms with E-state index in [9.17, 15) is 0 Å². The van der Waals surface area contributed by atoms with Crippen molar-refractivity contribution in [1.29, 1.82) is 0 Å². The van der Waals surface area contributed by atoms with E-state index in [2.05, 4.69) is 0 Å². The lowest BCUT2D eigenvalue weighted by atomic mass is 10.0. The summed E-state index contributed by atoms with van der Waals surface area (Å²) in [6, 6.07) is 30.7. The monoisotopic (exact) mass is 398 g/mol. The van der Waals surface area contributed by atoms with Gasteiger partial charge in [-0.15, -0.1) is 0 Å². The summed E-state index contributed by atoms with van der Waals surface area (Å²) in [7, 11) is 0. The quantitative estimate of drug-likeness (QED) is 0.358. The molecule has 0 fully saturated rings. The lowest BCUT2D eigenvalue weighted by molar-refractivity contribution is 0.485. The maximum absolute atomic E-state index is 5.78. The molecule has 0 saturated carbocycles. The fraction of sp³-hybridized carbons (Fsp3) is 0.0400. The van der Waals surface area contributed by atoms with Gasteiger partial charge in [0, 0.05) is 11.4 Å². The molecule has 5 nitrogen and oxygen atoms in total. The molecule has 5 heteroatoms.